The minimum Gasteiger partial charge on any atom is -0.382 e. The molecule has 0 aliphatic rings. The predicted molar refractivity (Wildman–Crippen MR) is 95.0 cm³/mol. The van der Waals surface area contributed by atoms with Gasteiger partial charge in [-0.1, -0.05) is 18.2 Å². The summed E-state index contributed by atoms with van der Waals surface area (Å²) in [6, 6.07) is 12.5. The summed E-state index contributed by atoms with van der Waals surface area (Å²) in [5.41, 5.74) is 8.82. The Kier molecular flexibility index (Phi) is 3.59. The SMILES string of the molecule is Nc1nccn2cnc(-c3ccc(C(=O)Nc4ccccn4)cc3)c12. The summed E-state index contributed by atoms with van der Waals surface area (Å²) in [6.45, 7) is 0. The van der Waals surface area contributed by atoms with Crippen LogP contribution in [0.25, 0.3) is 16.8 Å². The van der Waals surface area contributed by atoms with Crippen molar-refractivity contribution in [1.82, 2.24) is 19.4 Å². The van der Waals surface area contributed by atoms with Crippen LogP contribution in [0.15, 0.2) is 67.4 Å². The van der Waals surface area contributed by atoms with Gasteiger partial charge in [-0.05, 0) is 24.3 Å². The van der Waals surface area contributed by atoms with Gasteiger partial charge in [0.15, 0.2) is 0 Å². The second-order valence-electron chi connectivity index (χ2n) is 5.41. The molecule has 122 valence electrons. The zero-order valence-corrected chi connectivity index (χ0v) is 13.1. The largest absolute Gasteiger partial charge is 0.382 e. The predicted octanol–water partition coefficient (Wildman–Crippen LogP) is 2.63. The Bertz CT molecular complexity index is 1040. The molecule has 3 N–H and O–H groups in total. The summed E-state index contributed by atoms with van der Waals surface area (Å²) in [6.07, 6.45) is 6.72. The van der Waals surface area contributed by atoms with E-state index in [2.05, 4.69) is 20.3 Å². The molecule has 0 atom stereocenters. The molecule has 1 amide bonds. The number of hydrogen-bond donors (Lipinski definition) is 2. The molecule has 0 bridgehead atoms. The first-order chi connectivity index (χ1) is 12.2. The highest BCUT2D eigenvalue weighted by Gasteiger charge is 2.12. The third-order valence-electron chi connectivity index (χ3n) is 3.80. The molecule has 3 heterocycles. The monoisotopic (exact) mass is 330 g/mol. The Morgan fingerprint density at radius 2 is 1.84 bits per heavy atom. The molecule has 0 aliphatic carbocycles. The smallest absolute Gasteiger partial charge is 0.256 e. The van der Waals surface area contributed by atoms with Gasteiger partial charge in [-0.2, -0.15) is 0 Å². The van der Waals surface area contributed by atoms with E-state index in [9.17, 15) is 4.79 Å². The Morgan fingerprint density at radius 1 is 1.00 bits per heavy atom. The van der Waals surface area contributed by atoms with Crippen molar-refractivity contribution in [3.05, 3.63) is 72.9 Å². The van der Waals surface area contributed by atoms with Crippen LogP contribution in [0.4, 0.5) is 11.6 Å². The van der Waals surface area contributed by atoms with E-state index in [1.807, 2.05) is 22.6 Å². The Hall–Kier alpha value is -3.74. The quantitative estimate of drug-likeness (QED) is 0.602. The fourth-order valence-electron chi connectivity index (χ4n) is 2.59. The molecule has 7 heteroatoms. The van der Waals surface area contributed by atoms with Crippen LogP contribution in [0.1, 0.15) is 10.4 Å². The van der Waals surface area contributed by atoms with Crippen molar-refractivity contribution in [1.29, 1.82) is 0 Å². The molecule has 4 rings (SSSR count). The molecule has 4 aromatic rings. The second-order valence-corrected chi connectivity index (χ2v) is 5.41. The highest BCUT2D eigenvalue weighted by Crippen LogP contribution is 2.26. The minimum atomic E-state index is -0.221. The number of anilines is 2. The molecule has 0 saturated carbocycles. The first kappa shape index (κ1) is 14.8. The number of rotatable bonds is 3. The molecular weight excluding hydrogens is 316 g/mol. The summed E-state index contributed by atoms with van der Waals surface area (Å²) < 4.78 is 1.82. The van der Waals surface area contributed by atoms with Crippen LogP contribution in [-0.2, 0) is 0 Å². The van der Waals surface area contributed by atoms with Crippen LogP contribution < -0.4 is 11.1 Å². The number of benzene rings is 1. The van der Waals surface area contributed by atoms with E-state index < -0.39 is 0 Å². The fraction of sp³-hybridized carbons (Fsp3) is 0. The molecule has 3 aromatic heterocycles. The number of nitrogen functional groups attached to an aromatic ring is 1. The zero-order chi connectivity index (χ0) is 17.2. The highest BCUT2D eigenvalue weighted by atomic mass is 16.1. The number of aromatic nitrogens is 4. The number of carbonyl (C=O) groups is 1. The molecular formula is C18H14N6O. The lowest BCUT2D eigenvalue weighted by Crippen LogP contribution is -2.12. The van der Waals surface area contributed by atoms with Crippen molar-refractivity contribution < 1.29 is 4.79 Å². The lowest BCUT2D eigenvalue weighted by molar-refractivity contribution is 0.102. The van der Waals surface area contributed by atoms with E-state index in [4.69, 9.17) is 5.73 Å². The first-order valence-corrected chi connectivity index (χ1v) is 7.62. The molecule has 25 heavy (non-hydrogen) atoms. The van der Waals surface area contributed by atoms with Gasteiger partial charge in [0.2, 0.25) is 0 Å². The van der Waals surface area contributed by atoms with Gasteiger partial charge in [0, 0.05) is 29.7 Å². The fourth-order valence-corrected chi connectivity index (χ4v) is 2.59. The number of nitrogens with two attached hydrogens (primary N) is 1. The Balaban J connectivity index is 1.62. The molecule has 0 spiro atoms. The zero-order valence-electron chi connectivity index (χ0n) is 13.1. The van der Waals surface area contributed by atoms with Gasteiger partial charge in [-0.25, -0.2) is 15.0 Å². The van der Waals surface area contributed by atoms with Gasteiger partial charge in [0.25, 0.3) is 5.91 Å². The number of nitrogens with one attached hydrogen (secondary N) is 1. The lowest BCUT2D eigenvalue weighted by atomic mass is 10.1. The van der Waals surface area contributed by atoms with Crippen molar-refractivity contribution in [2.75, 3.05) is 11.1 Å². The number of amides is 1. The van der Waals surface area contributed by atoms with Gasteiger partial charge < -0.3 is 15.5 Å². The van der Waals surface area contributed by atoms with Crippen molar-refractivity contribution in [3.63, 3.8) is 0 Å². The van der Waals surface area contributed by atoms with Crippen LogP contribution in [0.5, 0.6) is 0 Å². The second kappa shape index (κ2) is 6.04. The molecule has 0 fully saturated rings. The number of fused-ring (bicyclic) bond motifs is 1. The number of pyridine rings is 1. The summed E-state index contributed by atoms with van der Waals surface area (Å²) in [5, 5.41) is 2.75. The normalized spacial score (nSPS) is 10.7. The van der Waals surface area contributed by atoms with Gasteiger partial charge in [0.1, 0.15) is 23.5 Å². The van der Waals surface area contributed by atoms with E-state index in [1.165, 1.54) is 0 Å². The van der Waals surface area contributed by atoms with Gasteiger partial charge in [-0.3, -0.25) is 4.79 Å². The Labute approximate surface area is 143 Å². The van der Waals surface area contributed by atoms with E-state index >= 15 is 0 Å². The summed E-state index contributed by atoms with van der Waals surface area (Å²) in [5.74, 6) is 0.698. The molecule has 0 aliphatic heterocycles. The van der Waals surface area contributed by atoms with Gasteiger partial charge >= 0.3 is 0 Å². The van der Waals surface area contributed by atoms with Gasteiger partial charge in [0.05, 0.1) is 5.69 Å². The van der Waals surface area contributed by atoms with Crippen molar-refractivity contribution in [2.24, 2.45) is 0 Å². The number of hydrogen-bond acceptors (Lipinski definition) is 5. The van der Waals surface area contributed by atoms with Crippen LogP contribution in [0.2, 0.25) is 0 Å². The Morgan fingerprint density at radius 3 is 2.60 bits per heavy atom. The van der Waals surface area contributed by atoms with Gasteiger partial charge in [-0.15, -0.1) is 0 Å². The molecule has 1 aromatic carbocycles. The molecule has 0 saturated heterocycles. The maximum Gasteiger partial charge on any atom is 0.256 e. The average molecular weight is 330 g/mol. The van der Waals surface area contributed by atoms with Crippen molar-refractivity contribution in [2.45, 2.75) is 0 Å². The van der Waals surface area contributed by atoms with E-state index in [1.54, 1.807) is 49.2 Å². The van der Waals surface area contributed by atoms with Crippen LogP contribution in [0, 0.1) is 0 Å². The van der Waals surface area contributed by atoms with Crippen LogP contribution in [-0.4, -0.2) is 25.3 Å². The number of nitrogens with zero attached hydrogens (tertiary/aromatic N) is 4. The van der Waals surface area contributed by atoms with Crippen LogP contribution >= 0.6 is 0 Å². The topological polar surface area (TPSA) is 98.2 Å². The highest BCUT2D eigenvalue weighted by molar-refractivity contribution is 6.04. The molecule has 0 radical (unpaired) electrons. The maximum atomic E-state index is 12.3. The minimum absolute atomic E-state index is 0.221. The first-order valence-electron chi connectivity index (χ1n) is 7.62. The third kappa shape index (κ3) is 2.78. The standard InChI is InChI=1S/C18H14N6O/c19-17-16-15(22-11-24(16)10-9-21-17)12-4-6-13(7-5-12)18(25)23-14-3-1-2-8-20-14/h1-11H,(H2,19,21)(H,20,23,25). The van der Waals surface area contributed by atoms with Crippen molar-refractivity contribution in [3.8, 4) is 11.3 Å². The number of imidazole rings is 1. The number of carbonyl (C=O) groups excluding carboxylic acids is 1. The molecule has 0 unspecified atom stereocenters. The maximum absolute atomic E-state index is 12.3. The average Bonchev–Trinajstić information content (AvgIpc) is 3.08. The van der Waals surface area contributed by atoms with E-state index in [0.717, 1.165) is 16.8 Å². The van der Waals surface area contributed by atoms with E-state index in [0.29, 0.717) is 17.2 Å². The van der Waals surface area contributed by atoms with Crippen molar-refractivity contribution >= 4 is 23.1 Å². The summed E-state index contributed by atoms with van der Waals surface area (Å²) in [4.78, 5) is 24.9. The molecule has 7 nitrogen and oxygen atoms in total. The summed E-state index contributed by atoms with van der Waals surface area (Å²) in [7, 11) is 0. The van der Waals surface area contributed by atoms with E-state index in [-0.39, 0.29) is 5.91 Å². The third-order valence-corrected chi connectivity index (χ3v) is 3.80. The summed E-state index contributed by atoms with van der Waals surface area (Å²) >= 11 is 0. The lowest BCUT2D eigenvalue weighted by Gasteiger charge is -2.05. The van der Waals surface area contributed by atoms with Crippen LogP contribution in [0.3, 0.4) is 0 Å².